The van der Waals surface area contributed by atoms with E-state index < -0.39 is 6.17 Å². The molecule has 0 fully saturated rings. The highest BCUT2D eigenvalue weighted by atomic mass is 19.1. The molecule has 7 heteroatoms. The molecule has 0 aliphatic heterocycles. The molecule has 2 N–H and O–H groups in total. The lowest BCUT2D eigenvalue weighted by Crippen LogP contribution is -2.35. The van der Waals surface area contributed by atoms with Gasteiger partial charge >= 0.3 is 0 Å². The van der Waals surface area contributed by atoms with Gasteiger partial charge in [-0.3, -0.25) is 4.79 Å². The first-order valence-corrected chi connectivity index (χ1v) is 8.75. The van der Waals surface area contributed by atoms with Crippen molar-refractivity contribution < 1.29 is 23.4 Å². The minimum Gasteiger partial charge on any atom is -0.377 e. The van der Waals surface area contributed by atoms with Crippen molar-refractivity contribution in [3.05, 3.63) is 0 Å². The maximum Gasteiger partial charge on any atom is 0.222 e. The van der Waals surface area contributed by atoms with Crippen LogP contribution in [0.4, 0.5) is 4.39 Å². The summed E-state index contributed by atoms with van der Waals surface area (Å²) >= 11 is 0. The van der Waals surface area contributed by atoms with Crippen molar-refractivity contribution in [2.24, 2.45) is 5.92 Å². The molecule has 0 bridgehead atoms. The number of halogens is 1. The zero-order valence-corrected chi connectivity index (χ0v) is 15.8. The number of hydrogen-bond donors (Lipinski definition) is 2. The largest absolute Gasteiger partial charge is 0.377 e. The molecule has 0 aromatic rings. The Morgan fingerprint density at radius 3 is 2.21 bits per heavy atom. The Hall–Kier alpha value is -0.760. The van der Waals surface area contributed by atoms with Crippen LogP contribution >= 0.6 is 0 Å². The molecule has 0 aromatic carbocycles. The summed E-state index contributed by atoms with van der Waals surface area (Å²) in [6.45, 7) is 12.2. The highest BCUT2D eigenvalue weighted by Gasteiger charge is 2.11. The fraction of sp³-hybridized carbons (Fsp3) is 0.941. The highest BCUT2D eigenvalue weighted by Crippen LogP contribution is 1.95. The van der Waals surface area contributed by atoms with Crippen molar-refractivity contribution in [3.63, 3.8) is 0 Å². The Morgan fingerprint density at radius 2 is 1.58 bits per heavy atom. The monoisotopic (exact) mass is 350 g/mol. The summed E-state index contributed by atoms with van der Waals surface area (Å²) in [7, 11) is 0. The van der Waals surface area contributed by atoms with Crippen LogP contribution in [0.15, 0.2) is 0 Å². The second kappa shape index (κ2) is 14.6. The van der Waals surface area contributed by atoms with Gasteiger partial charge in [0.25, 0.3) is 0 Å². The van der Waals surface area contributed by atoms with Gasteiger partial charge < -0.3 is 24.8 Å². The number of rotatable bonds is 15. The van der Waals surface area contributed by atoms with E-state index in [0.29, 0.717) is 32.5 Å². The zero-order chi connectivity index (χ0) is 18.4. The smallest absolute Gasteiger partial charge is 0.222 e. The number of hydrogen-bond acceptors (Lipinski definition) is 5. The first-order valence-electron chi connectivity index (χ1n) is 8.75. The number of amides is 1. The minimum absolute atomic E-state index is 0.0198. The molecule has 24 heavy (non-hydrogen) atoms. The van der Waals surface area contributed by atoms with E-state index in [0.717, 1.165) is 6.54 Å². The fourth-order valence-corrected chi connectivity index (χ4v) is 1.67. The number of carbonyl (C=O) groups is 1. The summed E-state index contributed by atoms with van der Waals surface area (Å²) in [5, 5.41) is 5.83. The van der Waals surface area contributed by atoms with Crippen LogP contribution in [0.1, 0.15) is 34.6 Å². The average molecular weight is 350 g/mol. The second-order valence-corrected chi connectivity index (χ2v) is 6.43. The van der Waals surface area contributed by atoms with Gasteiger partial charge in [0.1, 0.15) is 6.17 Å². The highest BCUT2D eigenvalue weighted by molar-refractivity contribution is 5.77. The molecular formula is C17H35FN2O4. The van der Waals surface area contributed by atoms with E-state index >= 15 is 0 Å². The number of alkyl halides is 1. The predicted octanol–water partition coefficient (Wildman–Crippen LogP) is 1.53. The number of nitrogens with one attached hydrogen (secondary N) is 2. The second-order valence-electron chi connectivity index (χ2n) is 6.43. The van der Waals surface area contributed by atoms with Crippen molar-refractivity contribution in [3.8, 4) is 0 Å². The maximum atomic E-state index is 13.5. The van der Waals surface area contributed by atoms with E-state index in [1.165, 1.54) is 0 Å². The third kappa shape index (κ3) is 14.8. The van der Waals surface area contributed by atoms with Gasteiger partial charge in [0, 0.05) is 18.5 Å². The molecule has 0 rings (SSSR count). The third-order valence-electron chi connectivity index (χ3n) is 3.14. The van der Waals surface area contributed by atoms with Crippen LogP contribution in [-0.2, 0) is 19.0 Å². The Kier molecular flexibility index (Phi) is 14.1. The van der Waals surface area contributed by atoms with Crippen LogP contribution in [0.25, 0.3) is 0 Å². The molecule has 144 valence electrons. The summed E-state index contributed by atoms with van der Waals surface area (Å²) in [6.07, 6.45) is -1.06. The molecule has 0 aromatic heterocycles. The Bertz CT molecular complexity index is 317. The topological polar surface area (TPSA) is 68.8 Å². The fourth-order valence-electron chi connectivity index (χ4n) is 1.67. The van der Waals surface area contributed by atoms with Gasteiger partial charge in [-0.1, -0.05) is 27.7 Å². The molecule has 0 radical (unpaired) electrons. The lowest BCUT2D eigenvalue weighted by molar-refractivity contribution is -0.124. The molecule has 2 unspecified atom stereocenters. The first kappa shape index (κ1) is 23.2. The van der Waals surface area contributed by atoms with E-state index in [-0.39, 0.29) is 31.1 Å². The van der Waals surface area contributed by atoms with Crippen LogP contribution in [0, 0.1) is 5.92 Å². The molecule has 0 heterocycles. The Morgan fingerprint density at radius 1 is 0.958 bits per heavy atom. The minimum atomic E-state index is -1.20. The van der Waals surface area contributed by atoms with E-state index in [1.807, 2.05) is 6.92 Å². The normalized spacial score (nSPS) is 14.2. The van der Waals surface area contributed by atoms with E-state index in [1.54, 1.807) is 13.8 Å². The van der Waals surface area contributed by atoms with Crippen molar-refractivity contribution in [1.82, 2.24) is 10.6 Å². The molecule has 1 amide bonds. The molecule has 0 spiro atoms. The van der Waals surface area contributed by atoms with E-state index in [2.05, 4.69) is 24.5 Å². The molecule has 0 saturated heterocycles. The number of ether oxygens (including phenoxy) is 3. The Labute approximate surface area is 145 Å². The molecule has 0 aliphatic carbocycles. The third-order valence-corrected chi connectivity index (χ3v) is 3.14. The maximum absolute atomic E-state index is 13.5. The lowest BCUT2D eigenvalue weighted by atomic mass is 10.2. The van der Waals surface area contributed by atoms with Crippen LogP contribution in [0.5, 0.6) is 0 Å². The van der Waals surface area contributed by atoms with Crippen molar-refractivity contribution >= 4 is 5.91 Å². The van der Waals surface area contributed by atoms with Crippen molar-refractivity contribution in [1.29, 1.82) is 0 Å². The van der Waals surface area contributed by atoms with Crippen molar-refractivity contribution in [2.75, 3.05) is 46.1 Å². The lowest BCUT2D eigenvalue weighted by Gasteiger charge is -2.16. The van der Waals surface area contributed by atoms with Gasteiger partial charge in [0.2, 0.25) is 5.91 Å². The molecule has 6 nitrogen and oxygen atoms in total. The van der Waals surface area contributed by atoms with E-state index in [9.17, 15) is 9.18 Å². The molecular weight excluding hydrogens is 315 g/mol. The summed E-state index contributed by atoms with van der Waals surface area (Å²) in [6, 6.07) is 0.447. The van der Waals surface area contributed by atoms with Gasteiger partial charge in [-0.05, 0) is 6.92 Å². The van der Waals surface area contributed by atoms with Crippen LogP contribution < -0.4 is 10.6 Å². The van der Waals surface area contributed by atoms with Crippen molar-refractivity contribution in [2.45, 2.75) is 52.9 Å². The van der Waals surface area contributed by atoms with Crippen LogP contribution in [-0.4, -0.2) is 70.3 Å². The zero-order valence-electron chi connectivity index (χ0n) is 15.8. The Balaban J connectivity index is 3.37. The average Bonchev–Trinajstić information content (AvgIpc) is 2.52. The molecule has 0 saturated carbocycles. The SMILES string of the molecule is CC(C)NCC(C)OCCOCCOCC(F)CNC(=O)C(C)C. The quantitative estimate of drug-likeness (QED) is 0.439. The van der Waals surface area contributed by atoms with Crippen LogP contribution in [0.2, 0.25) is 0 Å². The molecule has 0 aliphatic rings. The van der Waals surface area contributed by atoms with Gasteiger partial charge in [-0.25, -0.2) is 4.39 Å². The standard InChI is InChI=1S/C17H35FN2O4/c1-13(2)17(21)20-11-16(18)12-23-7-6-22-8-9-24-15(5)10-19-14(3)4/h13-16,19H,6-12H2,1-5H3,(H,20,21). The summed E-state index contributed by atoms with van der Waals surface area (Å²) in [5.41, 5.74) is 0. The summed E-state index contributed by atoms with van der Waals surface area (Å²) in [4.78, 5) is 11.3. The predicted molar refractivity (Wildman–Crippen MR) is 92.9 cm³/mol. The summed E-state index contributed by atoms with van der Waals surface area (Å²) < 4.78 is 29.6. The van der Waals surface area contributed by atoms with Gasteiger partial charge in [-0.2, -0.15) is 0 Å². The van der Waals surface area contributed by atoms with E-state index in [4.69, 9.17) is 14.2 Å². The van der Waals surface area contributed by atoms with Gasteiger partial charge in [0.05, 0.1) is 45.7 Å². The number of carbonyl (C=O) groups excluding carboxylic acids is 1. The van der Waals surface area contributed by atoms with Gasteiger partial charge in [-0.15, -0.1) is 0 Å². The molecule has 2 atom stereocenters. The van der Waals surface area contributed by atoms with Crippen LogP contribution in [0.3, 0.4) is 0 Å². The summed E-state index contributed by atoms with van der Waals surface area (Å²) in [5.74, 6) is -0.295. The van der Waals surface area contributed by atoms with Gasteiger partial charge in [0.15, 0.2) is 0 Å². The first-order chi connectivity index (χ1) is 11.3.